The molecule has 0 unspecified atom stereocenters. The largest absolute Gasteiger partial charge is 0.356 e. The molecule has 1 fully saturated rings. The maximum absolute atomic E-state index is 5.65. The fraction of sp³-hybridized carbons (Fsp3) is 0.217. The first-order valence-electron chi connectivity index (χ1n) is 9.51. The number of nitrogens with zero attached hydrogens (tertiary/aromatic N) is 3. The minimum absolute atomic E-state index is 0.626. The van der Waals surface area contributed by atoms with Gasteiger partial charge >= 0.3 is 0 Å². The van der Waals surface area contributed by atoms with Crippen molar-refractivity contribution in [3.63, 3.8) is 0 Å². The lowest BCUT2D eigenvalue weighted by molar-refractivity contribution is 0.426. The van der Waals surface area contributed by atoms with Crippen LogP contribution in [0.4, 0.5) is 0 Å². The third-order valence-corrected chi connectivity index (χ3v) is 5.76. The Balaban J connectivity index is 1.41. The minimum atomic E-state index is 0.626. The molecule has 0 radical (unpaired) electrons. The molecule has 5 rings (SSSR count). The Kier molecular flexibility index (Phi) is 4.40. The first-order chi connectivity index (χ1) is 13.7. The molecule has 0 bridgehead atoms. The van der Waals surface area contributed by atoms with Gasteiger partial charge in [0.25, 0.3) is 0 Å². The zero-order valence-corrected chi connectivity index (χ0v) is 17.2. The molecule has 0 saturated heterocycles. The highest BCUT2D eigenvalue weighted by Crippen LogP contribution is 2.40. The molecule has 0 N–H and O–H groups in total. The van der Waals surface area contributed by atoms with Gasteiger partial charge in [-0.3, -0.25) is 4.68 Å². The highest BCUT2D eigenvalue weighted by atomic mass is 79.9. The zero-order valence-electron chi connectivity index (χ0n) is 15.6. The summed E-state index contributed by atoms with van der Waals surface area (Å²) in [7, 11) is 0. The van der Waals surface area contributed by atoms with Crippen molar-refractivity contribution in [1.82, 2.24) is 14.9 Å². The average Bonchev–Trinajstić information content (AvgIpc) is 3.40. The van der Waals surface area contributed by atoms with Crippen LogP contribution in [0.15, 0.2) is 69.9 Å². The zero-order chi connectivity index (χ0) is 19.1. The van der Waals surface area contributed by atoms with Gasteiger partial charge in [0.1, 0.15) is 0 Å². The first kappa shape index (κ1) is 17.4. The number of aromatic nitrogens is 3. The van der Waals surface area contributed by atoms with E-state index in [1.807, 2.05) is 17.8 Å². The molecule has 5 heteroatoms. The van der Waals surface area contributed by atoms with E-state index in [0.717, 1.165) is 33.0 Å². The van der Waals surface area contributed by atoms with Crippen LogP contribution in [-0.4, -0.2) is 14.9 Å². The second kappa shape index (κ2) is 7.06. The van der Waals surface area contributed by atoms with Crippen molar-refractivity contribution < 1.29 is 4.52 Å². The smallest absolute Gasteiger partial charge is 0.172 e. The van der Waals surface area contributed by atoms with Crippen LogP contribution in [-0.2, 0) is 6.54 Å². The quantitative estimate of drug-likeness (QED) is 0.376. The van der Waals surface area contributed by atoms with E-state index in [2.05, 4.69) is 74.7 Å². The van der Waals surface area contributed by atoms with Crippen molar-refractivity contribution in [2.45, 2.75) is 32.2 Å². The van der Waals surface area contributed by atoms with Crippen LogP contribution in [0, 0.1) is 6.92 Å². The molecule has 1 aliphatic rings. The summed E-state index contributed by atoms with van der Waals surface area (Å²) in [5, 5.41) is 8.53. The Bertz CT molecular complexity index is 1110. The van der Waals surface area contributed by atoms with Crippen molar-refractivity contribution >= 4 is 15.9 Å². The second-order valence-corrected chi connectivity index (χ2v) is 8.32. The van der Waals surface area contributed by atoms with E-state index in [9.17, 15) is 0 Å². The van der Waals surface area contributed by atoms with Gasteiger partial charge in [-0.25, -0.2) is 0 Å². The van der Waals surface area contributed by atoms with Gasteiger partial charge < -0.3 is 4.52 Å². The van der Waals surface area contributed by atoms with Crippen LogP contribution in [0.3, 0.4) is 0 Å². The Labute approximate surface area is 172 Å². The van der Waals surface area contributed by atoms with Crippen molar-refractivity contribution in [2.24, 2.45) is 0 Å². The molecule has 28 heavy (non-hydrogen) atoms. The molecule has 1 saturated carbocycles. The number of benzene rings is 2. The number of rotatable bonds is 5. The second-order valence-electron chi connectivity index (χ2n) is 7.41. The molecular weight excluding hydrogens is 414 g/mol. The van der Waals surface area contributed by atoms with E-state index in [4.69, 9.17) is 4.52 Å². The normalized spacial score (nSPS) is 13.8. The van der Waals surface area contributed by atoms with Crippen LogP contribution < -0.4 is 0 Å². The molecular formula is C23H20BrN3O. The van der Waals surface area contributed by atoms with E-state index in [1.165, 1.54) is 29.5 Å². The monoisotopic (exact) mass is 433 g/mol. The summed E-state index contributed by atoms with van der Waals surface area (Å²) >= 11 is 3.44. The number of aryl methyl sites for hydroxylation is 1. The van der Waals surface area contributed by atoms with Gasteiger partial charge in [0.15, 0.2) is 5.76 Å². The molecule has 0 atom stereocenters. The summed E-state index contributed by atoms with van der Waals surface area (Å²) in [6.45, 7) is 2.59. The summed E-state index contributed by atoms with van der Waals surface area (Å²) < 4.78 is 8.49. The molecule has 0 spiro atoms. The SMILES string of the molecule is Cc1noc(-c2ccc(-c3ccc(C4CC4)cc3)cc2)c1Cn1cc(Br)cn1. The Morgan fingerprint density at radius 3 is 2.25 bits per heavy atom. The average molecular weight is 434 g/mol. The Morgan fingerprint density at radius 1 is 1.00 bits per heavy atom. The molecule has 4 nitrogen and oxygen atoms in total. The van der Waals surface area contributed by atoms with Gasteiger partial charge in [0.05, 0.1) is 22.9 Å². The van der Waals surface area contributed by atoms with E-state index >= 15 is 0 Å². The molecule has 2 aromatic heterocycles. The third kappa shape index (κ3) is 3.42. The maximum atomic E-state index is 5.65. The predicted molar refractivity (Wildman–Crippen MR) is 113 cm³/mol. The van der Waals surface area contributed by atoms with Gasteiger partial charge in [-0.05, 0) is 58.3 Å². The number of hydrogen-bond acceptors (Lipinski definition) is 3. The molecule has 0 aliphatic heterocycles. The number of hydrogen-bond donors (Lipinski definition) is 0. The first-order valence-corrected chi connectivity index (χ1v) is 10.3. The van der Waals surface area contributed by atoms with Gasteiger partial charge in [-0.1, -0.05) is 53.7 Å². The van der Waals surface area contributed by atoms with E-state index in [1.54, 1.807) is 6.20 Å². The van der Waals surface area contributed by atoms with Crippen molar-refractivity contribution in [3.8, 4) is 22.5 Å². The lowest BCUT2D eigenvalue weighted by atomic mass is 9.99. The fourth-order valence-corrected chi connectivity index (χ4v) is 3.89. The topological polar surface area (TPSA) is 43.9 Å². The summed E-state index contributed by atoms with van der Waals surface area (Å²) in [6.07, 6.45) is 6.40. The lowest BCUT2D eigenvalue weighted by Crippen LogP contribution is -2.01. The van der Waals surface area contributed by atoms with Gasteiger partial charge in [0.2, 0.25) is 0 Å². The molecule has 140 valence electrons. The molecule has 4 aromatic rings. The summed E-state index contributed by atoms with van der Waals surface area (Å²) in [5.41, 5.74) is 6.89. The third-order valence-electron chi connectivity index (χ3n) is 5.35. The summed E-state index contributed by atoms with van der Waals surface area (Å²) in [4.78, 5) is 0. The van der Waals surface area contributed by atoms with Crippen LogP contribution in [0.5, 0.6) is 0 Å². The van der Waals surface area contributed by atoms with Crippen LogP contribution in [0.2, 0.25) is 0 Å². The Hall–Kier alpha value is -2.66. The van der Waals surface area contributed by atoms with Crippen molar-refractivity contribution in [1.29, 1.82) is 0 Å². The van der Waals surface area contributed by atoms with Crippen LogP contribution in [0.25, 0.3) is 22.5 Å². The standard InChI is InChI=1S/C23H20BrN3O/c1-15-22(14-27-13-21(24)12-25-27)23(28-26-15)20-10-8-19(9-11-20)18-6-4-17(5-7-18)16-2-3-16/h4-13,16H,2-3,14H2,1H3. The highest BCUT2D eigenvalue weighted by Gasteiger charge is 2.23. The van der Waals surface area contributed by atoms with E-state index < -0.39 is 0 Å². The highest BCUT2D eigenvalue weighted by molar-refractivity contribution is 9.10. The predicted octanol–water partition coefficient (Wildman–Crippen LogP) is 6.20. The van der Waals surface area contributed by atoms with Crippen LogP contribution >= 0.6 is 15.9 Å². The maximum Gasteiger partial charge on any atom is 0.172 e. The molecule has 2 heterocycles. The van der Waals surface area contributed by atoms with Gasteiger partial charge in [0, 0.05) is 17.3 Å². The molecule has 0 amide bonds. The van der Waals surface area contributed by atoms with Gasteiger partial charge in [-0.2, -0.15) is 5.10 Å². The minimum Gasteiger partial charge on any atom is -0.356 e. The molecule has 1 aliphatic carbocycles. The molecule has 2 aromatic carbocycles. The number of halogens is 1. The fourth-order valence-electron chi connectivity index (χ4n) is 3.57. The lowest BCUT2D eigenvalue weighted by Gasteiger charge is -2.06. The van der Waals surface area contributed by atoms with E-state index in [0.29, 0.717) is 6.54 Å². The Morgan fingerprint density at radius 2 is 1.64 bits per heavy atom. The van der Waals surface area contributed by atoms with Gasteiger partial charge in [-0.15, -0.1) is 0 Å². The summed E-state index contributed by atoms with van der Waals surface area (Å²) in [6, 6.07) is 17.5. The van der Waals surface area contributed by atoms with Crippen molar-refractivity contribution in [3.05, 3.63) is 82.2 Å². The van der Waals surface area contributed by atoms with E-state index in [-0.39, 0.29) is 0 Å². The summed E-state index contributed by atoms with van der Waals surface area (Å²) in [5.74, 6) is 1.60. The van der Waals surface area contributed by atoms with Crippen molar-refractivity contribution in [2.75, 3.05) is 0 Å². The van der Waals surface area contributed by atoms with Crippen LogP contribution in [0.1, 0.15) is 35.6 Å².